The maximum Gasteiger partial charge on any atom is 0.211 e. The van der Waals surface area contributed by atoms with Gasteiger partial charge in [0.1, 0.15) is 0 Å². The summed E-state index contributed by atoms with van der Waals surface area (Å²) < 4.78 is 25.0. The second kappa shape index (κ2) is 7.09. The number of piperidine rings is 1. The molecule has 118 valence electrons. The molecule has 6 heteroatoms. The molecule has 1 heterocycles. The number of rotatable bonds is 5. The molecule has 1 saturated heterocycles. The maximum absolute atomic E-state index is 11.7. The summed E-state index contributed by atoms with van der Waals surface area (Å²) in [5.41, 5.74) is 6.99. The molecule has 0 radical (unpaired) electrons. The number of hydrogen-bond donors (Lipinski definition) is 1. The van der Waals surface area contributed by atoms with Gasteiger partial charge in [-0.05, 0) is 49.3 Å². The van der Waals surface area contributed by atoms with Crippen LogP contribution in [0.15, 0.2) is 24.3 Å². The van der Waals surface area contributed by atoms with E-state index in [1.807, 2.05) is 24.3 Å². The second-order valence-electron chi connectivity index (χ2n) is 5.82. The highest BCUT2D eigenvalue weighted by Crippen LogP contribution is 2.32. The van der Waals surface area contributed by atoms with Crippen LogP contribution in [-0.4, -0.2) is 38.6 Å². The van der Waals surface area contributed by atoms with Crippen molar-refractivity contribution >= 4 is 21.6 Å². The minimum absolute atomic E-state index is 0.184. The predicted molar refractivity (Wildman–Crippen MR) is 87.0 cm³/mol. The molecule has 0 spiro atoms. The summed E-state index contributed by atoms with van der Waals surface area (Å²) in [6.45, 7) is 1.76. The maximum atomic E-state index is 11.7. The fourth-order valence-electron chi connectivity index (χ4n) is 3.08. The van der Waals surface area contributed by atoms with Crippen molar-refractivity contribution in [2.75, 3.05) is 25.9 Å². The quantitative estimate of drug-likeness (QED) is 0.902. The number of nitrogens with two attached hydrogens (primary N) is 1. The van der Waals surface area contributed by atoms with Crippen LogP contribution in [0.4, 0.5) is 0 Å². The summed E-state index contributed by atoms with van der Waals surface area (Å²) in [5, 5.41) is 0.740. The fraction of sp³-hybridized carbons (Fsp3) is 0.600. The van der Waals surface area contributed by atoms with Crippen LogP contribution < -0.4 is 5.73 Å². The summed E-state index contributed by atoms with van der Waals surface area (Å²) in [5.74, 6) is 0.529. The summed E-state index contributed by atoms with van der Waals surface area (Å²) >= 11 is 6.25. The van der Waals surface area contributed by atoms with Crippen LogP contribution in [0.5, 0.6) is 0 Å². The molecule has 21 heavy (non-hydrogen) atoms. The lowest BCUT2D eigenvalue weighted by Crippen LogP contribution is -2.40. The second-order valence-corrected chi connectivity index (χ2v) is 8.21. The molecule has 1 fully saturated rings. The molecule has 0 saturated carbocycles. The van der Waals surface area contributed by atoms with Gasteiger partial charge in [-0.3, -0.25) is 0 Å². The first kappa shape index (κ1) is 16.7. The molecule has 2 unspecified atom stereocenters. The van der Waals surface area contributed by atoms with Gasteiger partial charge in [0.25, 0.3) is 0 Å². The lowest BCUT2D eigenvalue weighted by molar-refractivity contribution is 0.247. The molecule has 0 aromatic heterocycles. The smallest absolute Gasteiger partial charge is 0.211 e. The van der Waals surface area contributed by atoms with Crippen LogP contribution in [0.25, 0.3) is 0 Å². The van der Waals surface area contributed by atoms with Gasteiger partial charge in [0, 0.05) is 18.1 Å². The molecule has 1 aromatic rings. The highest BCUT2D eigenvalue weighted by molar-refractivity contribution is 7.88. The van der Waals surface area contributed by atoms with Crippen LogP contribution in [0.3, 0.4) is 0 Å². The van der Waals surface area contributed by atoms with Gasteiger partial charge in [-0.1, -0.05) is 29.8 Å². The van der Waals surface area contributed by atoms with E-state index in [0.717, 1.165) is 29.8 Å². The van der Waals surface area contributed by atoms with Crippen molar-refractivity contribution in [3.63, 3.8) is 0 Å². The third kappa shape index (κ3) is 4.42. The molecular weight excluding hydrogens is 308 g/mol. The Morgan fingerprint density at radius 3 is 2.76 bits per heavy atom. The molecule has 0 bridgehead atoms. The van der Waals surface area contributed by atoms with Crippen molar-refractivity contribution < 1.29 is 8.42 Å². The van der Waals surface area contributed by atoms with Crippen LogP contribution in [0, 0.1) is 5.92 Å². The van der Waals surface area contributed by atoms with Gasteiger partial charge >= 0.3 is 0 Å². The third-order valence-corrected chi connectivity index (χ3v) is 5.81. The van der Waals surface area contributed by atoms with Crippen molar-refractivity contribution in [1.29, 1.82) is 0 Å². The normalized spacial score (nSPS) is 22.1. The van der Waals surface area contributed by atoms with Gasteiger partial charge in [0.2, 0.25) is 10.0 Å². The van der Waals surface area contributed by atoms with Gasteiger partial charge < -0.3 is 5.73 Å². The SMILES string of the molecule is CS(=O)(=O)N1CCCC(CC(CN)c2ccccc2Cl)C1. The molecule has 4 nitrogen and oxygen atoms in total. The number of hydrogen-bond acceptors (Lipinski definition) is 3. The lowest BCUT2D eigenvalue weighted by Gasteiger charge is -2.33. The van der Waals surface area contributed by atoms with E-state index in [1.54, 1.807) is 4.31 Å². The average molecular weight is 331 g/mol. The Kier molecular flexibility index (Phi) is 5.66. The Balaban J connectivity index is 2.07. The van der Waals surface area contributed by atoms with E-state index in [9.17, 15) is 8.42 Å². The van der Waals surface area contributed by atoms with E-state index < -0.39 is 10.0 Å². The highest BCUT2D eigenvalue weighted by Gasteiger charge is 2.28. The molecule has 2 N–H and O–H groups in total. The summed E-state index contributed by atoms with van der Waals surface area (Å²) in [6, 6.07) is 7.76. The predicted octanol–water partition coefficient (Wildman–Crippen LogP) is 2.44. The zero-order chi connectivity index (χ0) is 15.5. The lowest BCUT2D eigenvalue weighted by atomic mass is 9.85. The van der Waals surface area contributed by atoms with Crippen LogP contribution in [0.1, 0.15) is 30.7 Å². The minimum Gasteiger partial charge on any atom is -0.330 e. The number of sulfonamides is 1. The van der Waals surface area contributed by atoms with Crippen LogP contribution in [-0.2, 0) is 10.0 Å². The van der Waals surface area contributed by atoms with Crippen LogP contribution in [0.2, 0.25) is 5.02 Å². The van der Waals surface area contributed by atoms with Gasteiger partial charge in [0.15, 0.2) is 0 Å². The van der Waals surface area contributed by atoms with E-state index >= 15 is 0 Å². The van der Waals surface area contributed by atoms with E-state index in [-0.39, 0.29) is 5.92 Å². The van der Waals surface area contributed by atoms with E-state index in [4.69, 9.17) is 17.3 Å². The Morgan fingerprint density at radius 1 is 1.43 bits per heavy atom. The summed E-state index contributed by atoms with van der Waals surface area (Å²) in [7, 11) is -3.10. The van der Waals surface area contributed by atoms with Gasteiger partial charge in [-0.2, -0.15) is 0 Å². The van der Waals surface area contributed by atoms with E-state index in [0.29, 0.717) is 25.6 Å². The van der Waals surface area contributed by atoms with Crippen molar-refractivity contribution in [2.24, 2.45) is 11.7 Å². The van der Waals surface area contributed by atoms with Crippen LogP contribution >= 0.6 is 11.6 Å². The van der Waals surface area contributed by atoms with Gasteiger partial charge in [0.05, 0.1) is 6.26 Å². The number of benzene rings is 1. The summed E-state index contributed by atoms with van der Waals surface area (Å²) in [6.07, 6.45) is 4.13. The molecule has 0 aliphatic carbocycles. The fourth-order valence-corrected chi connectivity index (χ4v) is 4.31. The first-order valence-corrected chi connectivity index (χ1v) is 9.54. The van der Waals surface area contributed by atoms with Gasteiger partial charge in [-0.25, -0.2) is 12.7 Å². The molecule has 1 aliphatic rings. The molecule has 1 aromatic carbocycles. The average Bonchev–Trinajstić information content (AvgIpc) is 2.45. The van der Waals surface area contributed by atoms with E-state index in [1.165, 1.54) is 6.26 Å². The first-order valence-electron chi connectivity index (χ1n) is 7.31. The summed E-state index contributed by atoms with van der Waals surface area (Å²) in [4.78, 5) is 0. The minimum atomic E-state index is -3.10. The first-order chi connectivity index (χ1) is 9.91. The number of nitrogens with zero attached hydrogens (tertiary/aromatic N) is 1. The Labute approximate surface area is 132 Å². The zero-order valence-electron chi connectivity index (χ0n) is 12.3. The molecule has 2 atom stereocenters. The molecular formula is C15H23ClN2O2S. The third-order valence-electron chi connectivity index (χ3n) is 4.20. The van der Waals surface area contributed by atoms with Crippen molar-refractivity contribution in [3.8, 4) is 0 Å². The topological polar surface area (TPSA) is 63.4 Å². The Morgan fingerprint density at radius 2 is 2.14 bits per heavy atom. The largest absolute Gasteiger partial charge is 0.330 e. The standard InChI is InChI=1S/C15H23ClN2O2S/c1-21(19,20)18-8-4-5-12(11-18)9-13(10-17)14-6-2-3-7-15(14)16/h2-3,6-7,12-13H,4-5,8-11,17H2,1H3. The monoisotopic (exact) mass is 330 g/mol. The van der Waals surface area contributed by atoms with E-state index in [2.05, 4.69) is 0 Å². The Hall–Kier alpha value is -0.620. The molecule has 2 rings (SSSR count). The highest BCUT2D eigenvalue weighted by atomic mass is 35.5. The number of halogens is 1. The molecule has 0 amide bonds. The Bertz CT molecular complexity index is 577. The van der Waals surface area contributed by atoms with Crippen molar-refractivity contribution in [1.82, 2.24) is 4.31 Å². The van der Waals surface area contributed by atoms with Crippen molar-refractivity contribution in [2.45, 2.75) is 25.2 Å². The molecule has 1 aliphatic heterocycles. The van der Waals surface area contributed by atoms with Crippen molar-refractivity contribution in [3.05, 3.63) is 34.9 Å². The van der Waals surface area contributed by atoms with Gasteiger partial charge in [-0.15, -0.1) is 0 Å². The zero-order valence-corrected chi connectivity index (χ0v) is 13.9.